The molecule has 1 amide bonds. The number of carbonyl (C=O) groups is 1. The van der Waals surface area contributed by atoms with E-state index in [1.807, 2.05) is 26.8 Å². The number of carbonyl (C=O) groups excluding carboxylic acids is 1. The zero-order valence-electron chi connectivity index (χ0n) is 14.0. The average molecular weight is 304 g/mol. The summed E-state index contributed by atoms with van der Waals surface area (Å²) in [6.07, 6.45) is 1.14. The summed E-state index contributed by atoms with van der Waals surface area (Å²) in [6.45, 7) is 10.2. The Hall–Kier alpha value is -1.39. The van der Waals surface area contributed by atoms with Crippen LogP contribution in [0.3, 0.4) is 0 Å². The van der Waals surface area contributed by atoms with E-state index < -0.39 is 0 Å². The van der Waals surface area contributed by atoms with Crippen LogP contribution in [0.4, 0.5) is 0 Å². The SMILES string of the molecule is CC(C)(C)C(=O)NCCCN1CCO[C@H](c2ccccc2)C1. The number of hydrogen-bond acceptors (Lipinski definition) is 3. The van der Waals surface area contributed by atoms with E-state index in [1.165, 1.54) is 5.56 Å². The lowest BCUT2D eigenvalue weighted by Crippen LogP contribution is -2.40. The predicted octanol–water partition coefficient (Wildman–Crippen LogP) is 2.61. The molecular formula is C18H28N2O2. The van der Waals surface area contributed by atoms with Crippen LogP contribution in [-0.2, 0) is 9.53 Å². The van der Waals surface area contributed by atoms with Crippen molar-refractivity contribution >= 4 is 5.91 Å². The van der Waals surface area contributed by atoms with Gasteiger partial charge in [-0.25, -0.2) is 0 Å². The summed E-state index contributed by atoms with van der Waals surface area (Å²) in [5.74, 6) is 0.122. The number of rotatable bonds is 5. The highest BCUT2D eigenvalue weighted by Crippen LogP contribution is 2.21. The van der Waals surface area contributed by atoms with E-state index >= 15 is 0 Å². The van der Waals surface area contributed by atoms with Gasteiger partial charge in [0.15, 0.2) is 0 Å². The van der Waals surface area contributed by atoms with Crippen LogP contribution in [-0.4, -0.2) is 43.6 Å². The van der Waals surface area contributed by atoms with Gasteiger partial charge in [-0.3, -0.25) is 9.69 Å². The number of hydrogen-bond donors (Lipinski definition) is 1. The molecule has 1 aliphatic rings. The first-order valence-corrected chi connectivity index (χ1v) is 8.14. The molecule has 0 saturated carbocycles. The quantitative estimate of drug-likeness (QED) is 0.850. The molecule has 1 aromatic rings. The lowest BCUT2D eigenvalue weighted by atomic mass is 9.96. The Morgan fingerprint density at radius 2 is 2.05 bits per heavy atom. The van der Waals surface area contributed by atoms with E-state index in [0.29, 0.717) is 0 Å². The third kappa shape index (κ3) is 5.11. The smallest absolute Gasteiger partial charge is 0.225 e. The number of benzene rings is 1. The summed E-state index contributed by atoms with van der Waals surface area (Å²) < 4.78 is 5.87. The molecule has 1 aromatic carbocycles. The van der Waals surface area contributed by atoms with Crippen LogP contribution in [0.15, 0.2) is 30.3 Å². The topological polar surface area (TPSA) is 41.6 Å². The normalized spacial score (nSPS) is 19.9. The predicted molar refractivity (Wildman–Crippen MR) is 88.7 cm³/mol. The Kier molecular flexibility index (Phi) is 5.98. The van der Waals surface area contributed by atoms with Crippen LogP contribution in [0, 0.1) is 5.41 Å². The number of ether oxygens (including phenoxy) is 1. The highest BCUT2D eigenvalue weighted by molar-refractivity contribution is 5.81. The number of nitrogens with zero attached hydrogens (tertiary/aromatic N) is 1. The maximum atomic E-state index is 11.8. The molecular weight excluding hydrogens is 276 g/mol. The molecule has 0 aliphatic carbocycles. The molecule has 0 spiro atoms. The van der Waals surface area contributed by atoms with Crippen molar-refractivity contribution in [2.75, 3.05) is 32.8 Å². The maximum Gasteiger partial charge on any atom is 0.225 e. The van der Waals surface area contributed by atoms with Crippen molar-refractivity contribution in [3.05, 3.63) is 35.9 Å². The van der Waals surface area contributed by atoms with Crippen molar-refractivity contribution in [3.8, 4) is 0 Å². The molecule has 1 atom stereocenters. The van der Waals surface area contributed by atoms with Gasteiger partial charge in [-0.05, 0) is 12.0 Å². The summed E-state index contributed by atoms with van der Waals surface area (Å²) in [5.41, 5.74) is 0.936. The molecule has 22 heavy (non-hydrogen) atoms. The van der Waals surface area contributed by atoms with Crippen LogP contribution in [0.1, 0.15) is 38.9 Å². The van der Waals surface area contributed by atoms with Gasteiger partial charge in [0, 0.05) is 31.6 Å². The molecule has 0 radical (unpaired) electrons. The molecule has 4 heteroatoms. The lowest BCUT2D eigenvalue weighted by Gasteiger charge is -2.33. The van der Waals surface area contributed by atoms with Crippen LogP contribution in [0.25, 0.3) is 0 Å². The first kappa shape index (κ1) is 17.0. The van der Waals surface area contributed by atoms with E-state index in [1.54, 1.807) is 0 Å². The molecule has 0 bridgehead atoms. The van der Waals surface area contributed by atoms with E-state index in [0.717, 1.165) is 39.2 Å². The van der Waals surface area contributed by atoms with Crippen molar-refractivity contribution in [3.63, 3.8) is 0 Å². The summed E-state index contributed by atoms with van der Waals surface area (Å²) in [5, 5.41) is 3.01. The second kappa shape index (κ2) is 7.75. The fourth-order valence-corrected chi connectivity index (χ4v) is 2.54. The Bertz CT molecular complexity index is 468. The minimum atomic E-state index is -0.308. The molecule has 4 nitrogen and oxygen atoms in total. The highest BCUT2D eigenvalue weighted by Gasteiger charge is 2.22. The Labute approximate surface area is 133 Å². The zero-order chi connectivity index (χ0) is 16.0. The second-order valence-corrected chi connectivity index (χ2v) is 6.93. The average Bonchev–Trinajstić information content (AvgIpc) is 2.51. The molecule has 2 rings (SSSR count). The Balaban J connectivity index is 1.71. The monoisotopic (exact) mass is 304 g/mol. The van der Waals surface area contributed by atoms with Crippen LogP contribution >= 0.6 is 0 Å². The fourth-order valence-electron chi connectivity index (χ4n) is 2.54. The van der Waals surface area contributed by atoms with E-state index in [2.05, 4.69) is 34.5 Å². The molecule has 122 valence electrons. The van der Waals surface area contributed by atoms with Gasteiger partial charge in [0.25, 0.3) is 0 Å². The lowest BCUT2D eigenvalue weighted by molar-refractivity contribution is -0.128. The third-order valence-electron chi connectivity index (χ3n) is 3.94. The molecule has 1 heterocycles. The van der Waals surface area contributed by atoms with Crippen LogP contribution in [0.5, 0.6) is 0 Å². The van der Waals surface area contributed by atoms with Crippen LogP contribution in [0.2, 0.25) is 0 Å². The van der Waals surface area contributed by atoms with Gasteiger partial charge in [0.1, 0.15) is 0 Å². The van der Waals surface area contributed by atoms with Gasteiger partial charge in [-0.2, -0.15) is 0 Å². The van der Waals surface area contributed by atoms with Crippen molar-refractivity contribution < 1.29 is 9.53 Å². The van der Waals surface area contributed by atoms with Crippen molar-refractivity contribution in [2.45, 2.75) is 33.3 Å². The van der Waals surface area contributed by atoms with E-state index in [4.69, 9.17) is 4.74 Å². The minimum absolute atomic E-state index is 0.122. The summed E-state index contributed by atoms with van der Waals surface area (Å²) in [4.78, 5) is 14.2. The largest absolute Gasteiger partial charge is 0.371 e. The van der Waals surface area contributed by atoms with Gasteiger partial charge in [0.2, 0.25) is 5.91 Å². The molecule has 0 aromatic heterocycles. The molecule has 1 fully saturated rings. The summed E-state index contributed by atoms with van der Waals surface area (Å²) in [6, 6.07) is 10.4. The summed E-state index contributed by atoms with van der Waals surface area (Å²) >= 11 is 0. The van der Waals surface area contributed by atoms with Gasteiger partial charge in [-0.1, -0.05) is 51.1 Å². The van der Waals surface area contributed by atoms with E-state index in [9.17, 15) is 4.79 Å². The Morgan fingerprint density at radius 1 is 1.32 bits per heavy atom. The molecule has 0 unspecified atom stereocenters. The van der Waals surface area contributed by atoms with E-state index in [-0.39, 0.29) is 17.4 Å². The van der Waals surface area contributed by atoms with Crippen LogP contribution < -0.4 is 5.32 Å². The molecule has 1 N–H and O–H groups in total. The Morgan fingerprint density at radius 3 is 2.73 bits per heavy atom. The molecule has 1 aliphatic heterocycles. The fraction of sp³-hybridized carbons (Fsp3) is 0.611. The second-order valence-electron chi connectivity index (χ2n) is 6.93. The maximum absolute atomic E-state index is 11.8. The van der Waals surface area contributed by atoms with Crippen molar-refractivity contribution in [1.82, 2.24) is 10.2 Å². The highest BCUT2D eigenvalue weighted by atomic mass is 16.5. The van der Waals surface area contributed by atoms with Crippen molar-refractivity contribution in [1.29, 1.82) is 0 Å². The number of amides is 1. The summed E-state index contributed by atoms with van der Waals surface area (Å²) in [7, 11) is 0. The van der Waals surface area contributed by atoms with Gasteiger partial charge < -0.3 is 10.1 Å². The first-order valence-electron chi connectivity index (χ1n) is 8.14. The van der Waals surface area contributed by atoms with Gasteiger partial charge >= 0.3 is 0 Å². The number of nitrogens with one attached hydrogen (secondary N) is 1. The standard InChI is InChI=1S/C18H28N2O2/c1-18(2,3)17(21)19-10-7-11-20-12-13-22-16(14-20)15-8-5-4-6-9-15/h4-6,8-9,16H,7,10-14H2,1-3H3,(H,19,21)/t16-/m0/s1. The minimum Gasteiger partial charge on any atom is -0.371 e. The zero-order valence-corrected chi connectivity index (χ0v) is 14.0. The first-order chi connectivity index (χ1) is 10.5. The van der Waals surface area contributed by atoms with Gasteiger partial charge in [-0.15, -0.1) is 0 Å². The van der Waals surface area contributed by atoms with Crippen molar-refractivity contribution in [2.24, 2.45) is 5.41 Å². The number of morpholine rings is 1. The van der Waals surface area contributed by atoms with Gasteiger partial charge in [0.05, 0.1) is 12.7 Å². The third-order valence-corrected chi connectivity index (χ3v) is 3.94. The molecule has 1 saturated heterocycles.